The predicted molar refractivity (Wildman–Crippen MR) is 98.1 cm³/mol. The molecular weight excluding hydrogens is 326 g/mol. The van der Waals surface area contributed by atoms with Crippen LogP contribution in [-0.4, -0.2) is 24.3 Å². The number of carbonyl (C=O) groups is 1. The van der Waals surface area contributed by atoms with Crippen LogP contribution in [0.3, 0.4) is 0 Å². The molecule has 4 heteroatoms. The molecule has 0 aromatic rings. The first-order valence-electron chi connectivity index (χ1n) is 10.3. The number of carboxylic acids is 1. The van der Waals surface area contributed by atoms with Crippen molar-refractivity contribution in [3.63, 3.8) is 0 Å². The van der Waals surface area contributed by atoms with Crippen molar-refractivity contribution in [3.05, 3.63) is 11.6 Å². The maximum atomic E-state index is 13.1. The van der Waals surface area contributed by atoms with E-state index in [-0.39, 0.29) is 17.8 Å². The number of ether oxygens (including phenoxy) is 1. The maximum Gasteiger partial charge on any atom is 0.316 e. The lowest BCUT2D eigenvalue weighted by atomic mass is 9.43. The molecule has 3 fully saturated rings. The standard InChI is InChI=1S/C22H31NO3/c1-5-26-12-21-10-16-14(4)6-7-17(16)20(11-23)9-15(21)8-18(13(2)3)22(20,21)19(24)25/h8,13-17H,5-7,9-10,12H2,1-4H3,(H,24,25). The number of fused-ring (bicyclic) bond motifs is 2. The zero-order chi connectivity index (χ0) is 18.9. The zero-order valence-electron chi connectivity index (χ0n) is 16.4. The highest BCUT2D eigenvalue weighted by molar-refractivity contribution is 5.85. The predicted octanol–water partition coefficient (Wildman–Crippen LogP) is 4.27. The van der Waals surface area contributed by atoms with Gasteiger partial charge in [0.15, 0.2) is 0 Å². The Morgan fingerprint density at radius 3 is 2.73 bits per heavy atom. The van der Waals surface area contributed by atoms with Crippen LogP contribution >= 0.6 is 0 Å². The van der Waals surface area contributed by atoms with Gasteiger partial charge in [0.2, 0.25) is 0 Å². The van der Waals surface area contributed by atoms with Crippen LogP contribution in [0.4, 0.5) is 0 Å². The molecule has 7 atom stereocenters. The number of nitrogens with zero attached hydrogens (tertiary/aromatic N) is 1. The lowest BCUT2D eigenvalue weighted by molar-refractivity contribution is -0.179. The molecule has 26 heavy (non-hydrogen) atoms. The third-order valence-electron chi connectivity index (χ3n) is 8.60. The van der Waals surface area contributed by atoms with E-state index in [1.165, 1.54) is 0 Å². The second-order valence-corrected chi connectivity index (χ2v) is 9.55. The van der Waals surface area contributed by atoms with E-state index in [9.17, 15) is 15.2 Å². The fraction of sp³-hybridized carbons (Fsp3) is 0.818. The summed E-state index contributed by atoms with van der Waals surface area (Å²) in [6.45, 7) is 9.49. The largest absolute Gasteiger partial charge is 0.481 e. The monoisotopic (exact) mass is 357 g/mol. The number of rotatable bonds is 5. The minimum atomic E-state index is -1.08. The Kier molecular flexibility index (Phi) is 3.87. The van der Waals surface area contributed by atoms with Crippen molar-refractivity contribution in [1.82, 2.24) is 0 Å². The fourth-order valence-corrected chi connectivity index (χ4v) is 7.82. The average molecular weight is 357 g/mol. The van der Waals surface area contributed by atoms with Crippen LogP contribution in [0.2, 0.25) is 0 Å². The van der Waals surface area contributed by atoms with Gasteiger partial charge in [0.05, 0.1) is 18.1 Å². The van der Waals surface area contributed by atoms with Gasteiger partial charge in [-0.15, -0.1) is 0 Å². The molecule has 0 radical (unpaired) electrons. The van der Waals surface area contributed by atoms with Crippen LogP contribution < -0.4 is 0 Å². The average Bonchev–Trinajstić information content (AvgIpc) is 3.17. The van der Waals surface area contributed by atoms with Crippen molar-refractivity contribution in [2.24, 2.45) is 45.8 Å². The van der Waals surface area contributed by atoms with Gasteiger partial charge in [-0.1, -0.05) is 38.8 Å². The number of carboxylic acid groups (broad SMARTS) is 1. The molecule has 7 unspecified atom stereocenters. The number of aliphatic carboxylic acids is 1. The first-order chi connectivity index (χ1) is 12.3. The molecule has 4 rings (SSSR count). The van der Waals surface area contributed by atoms with E-state index in [1.54, 1.807) is 0 Å². The quantitative estimate of drug-likeness (QED) is 0.746. The van der Waals surface area contributed by atoms with E-state index in [2.05, 4.69) is 32.9 Å². The second kappa shape index (κ2) is 5.58. The van der Waals surface area contributed by atoms with Crippen LogP contribution in [-0.2, 0) is 9.53 Å². The van der Waals surface area contributed by atoms with Gasteiger partial charge in [-0.3, -0.25) is 4.79 Å². The van der Waals surface area contributed by atoms with E-state index >= 15 is 0 Å². The minimum absolute atomic E-state index is 0.139. The molecule has 4 nitrogen and oxygen atoms in total. The first kappa shape index (κ1) is 18.0. The Hall–Kier alpha value is -1.34. The van der Waals surface area contributed by atoms with Crippen molar-refractivity contribution in [1.29, 1.82) is 5.26 Å². The van der Waals surface area contributed by atoms with Crippen LogP contribution in [0.25, 0.3) is 0 Å². The van der Waals surface area contributed by atoms with Gasteiger partial charge in [0.1, 0.15) is 5.41 Å². The molecule has 4 aliphatic carbocycles. The van der Waals surface area contributed by atoms with Gasteiger partial charge >= 0.3 is 5.97 Å². The summed E-state index contributed by atoms with van der Waals surface area (Å²) < 4.78 is 5.95. The summed E-state index contributed by atoms with van der Waals surface area (Å²) in [6, 6.07) is 2.66. The lowest BCUT2D eigenvalue weighted by Gasteiger charge is -2.57. The van der Waals surface area contributed by atoms with Gasteiger partial charge in [-0.05, 0) is 55.8 Å². The molecule has 4 bridgehead atoms. The molecule has 0 aromatic heterocycles. The van der Waals surface area contributed by atoms with E-state index in [4.69, 9.17) is 4.74 Å². The number of allylic oxidation sites excluding steroid dienone is 1. The Bertz CT molecular complexity index is 707. The summed E-state index contributed by atoms with van der Waals surface area (Å²) in [5.74, 6) is 0.741. The minimum Gasteiger partial charge on any atom is -0.481 e. The summed E-state index contributed by atoms with van der Waals surface area (Å²) in [7, 11) is 0. The zero-order valence-corrected chi connectivity index (χ0v) is 16.4. The molecule has 4 aliphatic rings. The molecule has 1 N–H and O–H groups in total. The van der Waals surface area contributed by atoms with E-state index in [1.807, 2.05) is 6.92 Å². The fourth-order valence-electron chi connectivity index (χ4n) is 7.82. The SMILES string of the molecule is CCOCC12CC3C(C)CCC3C3(C#N)CC1C=C(C(C)C)C32C(=O)O. The van der Waals surface area contributed by atoms with E-state index in [0.717, 1.165) is 24.8 Å². The van der Waals surface area contributed by atoms with Crippen LogP contribution in [0.5, 0.6) is 0 Å². The summed E-state index contributed by atoms with van der Waals surface area (Å²) >= 11 is 0. The molecular formula is C22H31NO3. The van der Waals surface area contributed by atoms with E-state index in [0.29, 0.717) is 31.5 Å². The van der Waals surface area contributed by atoms with Crippen molar-refractivity contribution in [2.75, 3.05) is 13.2 Å². The normalized spacial score (nSPS) is 48.4. The number of nitriles is 1. The summed E-state index contributed by atoms with van der Waals surface area (Å²) in [6.07, 6.45) is 5.94. The molecule has 0 saturated heterocycles. The Balaban J connectivity index is 1.99. The number of hydrogen-bond donors (Lipinski definition) is 1. The highest BCUT2D eigenvalue weighted by atomic mass is 16.5. The van der Waals surface area contributed by atoms with Gasteiger partial charge < -0.3 is 9.84 Å². The van der Waals surface area contributed by atoms with Crippen LogP contribution in [0, 0.1) is 57.2 Å². The van der Waals surface area contributed by atoms with Gasteiger partial charge in [-0.2, -0.15) is 5.26 Å². The van der Waals surface area contributed by atoms with Crippen molar-refractivity contribution in [2.45, 2.75) is 53.4 Å². The van der Waals surface area contributed by atoms with Gasteiger partial charge in [-0.25, -0.2) is 0 Å². The third-order valence-corrected chi connectivity index (χ3v) is 8.60. The first-order valence-corrected chi connectivity index (χ1v) is 10.3. The Labute approximate surface area is 156 Å². The molecule has 0 amide bonds. The molecule has 0 aliphatic heterocycles. The van der Waals surface area contributed by atoms with Gasteiger partial charge in [0, 0.05) is 12.0 Å². The van der Waals surface area contributed by atoms with Gasteiger partial charge in [0.25, 0.3) is 0 Å². The van der Waals surface area contributed by atoms with Crippen LogP contribution in [0.15, 0.2) is 11.6 Å². The molecule has 3 saturated carbocycles. The lowest BCUT2D eigenvalue weighted by Crippen LogP contribution is -2.62. The third kappa shape index (κ3) is 1.68. The molecule has 0 spiro atoms. The van der Waals surface area contributed by atoms with E-state index < -0.39 is 22.2 Å². The Morgan fingerprint density at radius 1 is 1.42 bits per heavy atom. The number of hydrogen-bond acceptors (Lipinski definition) is 3. The topological polar surface area (TPSA) is 70.3 Å². The highest BCUT2D eigenvalue weighted by Crippen LogP contribution is 2.83. The Morgan fingerprint density at radius 2 is 2.15 bits per heavy atom. The summed E-state index contributed by atoms with van der Waals surface area (Å²) in [5, 5.41) is 21.2. The summed E-state index contributed by atoms with van der Waals surface area (Å²) in [5.41, 5.74) is -1.30. The second-order valence-electron chi connectivity index (χ2n) is 9.55. The highest BCUT2D eigenvalue weighted by Gasteiger charge is 2.84. The molecule has 142 valence electrons. The maximum absolute atomic E-state index is 13.1. The van der Waals surface area contributed by atoms with Crippen molar-refractivity contribution >= 4 is 5.97 Å². The molecule has 0 heterocycles. The smallest absolute Gasteiger partial charge is 0.316 e. The van der Waals surface area contributed by atoms with Crippen molar-refractivity contribution in [3.8, 4) is 6.07 Å². The summed E-state index contributed by atoms with van der Waals surface area (Å²) in [4.78, 5) is 13.1. The molecule has 0 aromatic carbocycles. The van der Waals surface area contributed by atoms with Crippen molar-refractivity contribution < 1.29 is 14.6 Å². The van der Waals surface area contributed by atoms with Crippen LogP contribution in [0.1, 0.15) is 53.4 Å².